The van der Waals surface area contributed by atoms with Gasteiger partial charge in [0.2, 0.25) is 0 Å². The number of hydrogen-bond acceptors (Lipinski definition) is 3. The molecule has 0 aliphatic heterocycles. The summed E-state index contributed by atoms with van der Waals surface area (Å²) in [6, 6.07) is 0. The fourth-order valence-electron chi connectivity index (χ4n) is 2.53. The van der Waals surface area contributed by atoms with Crippen LogP contribution in [0.1, 0.15) is 42.5 Å². The van der Waals surface area contributed by atoms with Gasteiger partial charge in [-0.15, -0.1) is 0 Å². The number of nitrogens with one attached hydrogen (secondary N) is 2. The number of nitrogens with two attached hydrogens (primary N) is 1. The number of nitrogen functional groups attached to an aromatic ring is 1. The highest BCUT2D eigenvalue weighted by Gasteiger charge is 2.32. The van der Waals surface area contributed by atoms with E-state index in [9.17, 15) is 0 Å². The molecular weight excluding hydrogens is 202 g/mol. The largest absolute Gasteiger partial charge is 0.369 e. The maximum absolute atomic E-state index is 5.73. The summed E-state index contributed by atoms with van der Waals surface area (Å²) in [6.45, 7) is 4.38. The second kappa shape index (κ2) is 3.10. The number of aromatic nitrogens is 4. The van der Waals surface area contributed by atoms with Crippen molar-refractivity contribution in [3.8, 4) is 0 Å². The number of H-pyrrole nitrogens is 2. The zero-order chi connectivity index (χ0) is 11.3. The van der Waals surface area contributed by atoms with Gasteiger partial charge in [0.25, 0.3) is 0 Å². The van der Waals surface area contributed by atoms with Gasteiger partial charge in [-0.1, -0.05) is 13.8 Å². The van der Waals surface area contributed by atoms with E-state index in [0.717, 1.165) is 23.5 Å². The zero-order valence-electron chi connectivity index (χ0n) is 9.41. The van der Waals surface area contributed by atoms with E-state index < -0.39 is 0 Å². The van der Waals surface area contributed by atoms with Gasteiger partial charge in [0.1, 0.15) is 0 Å². The van der Waals surface area contributed by atoms with Gasteiger partial charge in [0.05, 0.1) is 17.7 Å². The van der Waals surface area contributed by atoms with E-state index in [1.54, 1.807) is 6.33 Å². The molecule has 1 aliphatic rings. The summed E-state index contributed by atoms with van der Waals surface area (Å²) in [6.07, 6.45) is 2.55. The second-order valence-electron chi connectivity index (χ2n) is 4.65. The molecule has 0 bridgehead atoms. The number of rotatable bonds is 1. The third-order valence-corrected chi connectivity index (χ3v) is 3.20. The Labute approximate surface area is 93.5 Å². The van der Waals surface area contributed by atoms with Gasteiger partial charge < -0.3 is 15.7 Å². The van der Waals surface area contributed by atoms with Gasteiger partial charge in [0, 0.05) is 23.7 Å². The lowest BCUT2D eigenvalue weighted by Gasteiger charge is -2.24. The lowest BCUT2D eigenvalue weighted by molar-refractivity contribution is 0.529. The predicted molar refractivity (Wildman–Crippen MR) is 61.1 cm³/mol. The average molecular weight is 217 g/mol. The summed E-state index contributed by atoms with van der Waals surface area (Å²) in [5, 5.41) is 0. The van der Waals surface area contributed by atoms with Crippen molar-refractivity contribution < 1.29 is 0 Å². The van der Waals surface area contributed by atoms with E-state index in [-0.39, 0.29) is 5.92 Å². The van der Waals surface area contributed by atoms with Crippen LogP contribution in [0.2, 0.25) is 0 Å². The van der Waals surface area contributed by atoms with Crippen molar-refractivity contribution >= 4 is 5.95 Å². The normalized spacial score (nSPS) is 18.6. The van der Waals surface area contributed by atoms with Crippen LogP contribution in [0.3, 0.4) is 0 Å². The van der Waals surface area contributed by atoms with Crippen LogP contribution in [0.4, 0.5) is 5.95 Å². The molecule has 4 N–H and O–H groups in total. The third kappa shape index (κ3) is 1.17. The molecular formula is C11H15N5. The first-order valence-corrected chi connectivity index (χ1v) is 5.53. The number of hydrogen-bond donors (Lipinski definition) is 3. The Hall–Kier alpha value is -1.78. The summed E-state index contributed by atoms with van der Waals surface area (Å²) < 4.78 is 0. The fraction of sp³-hybridized carbons (Fsp3) is 0.455. The topological polar surface area (TPSA) is 83.4 Å². The Kier molecular flexibility index (Phi) is 1.83. The molecule has 84 valence electrons. The lowest BCUT2D eigenvalue weighted by atomic mass is 9.83. The number of imidazole rings is 2. The van der Waals surface area contributed by atoms with Gasteiger partial charge in [0.15, 0.2) is 5.95 Å². The highest BCUT2D eigenvalue weighted by atomic mass is 15.1. The van der Waals surface area contributed by atoms with Crippen LogP contribution >= 0.6 is 0 Å². The van der Waals surface area contributed by atoms with Crippen LogP contribution < -0.4 is 5.73 Å². The summed E-state index contributed by atoms with van der Waals surface area (Å²) in [4.78, 5) is 15.1. The minimum Gasteiger partial charge on any atom is -0.369 e. The molecule has 1 aliphatic carbocycles. The van der Waals surface area contributed by atoms with Crippen molar-refractivity contribution in [2.24, 2.45) is 5.92 Å². The molecule has 1 atom stereocenters. The molecule has 0 aromatic carbocycles. The highest BCUT2D eigenvalue weighted by molar-refractivity contribution is 5.42. The maximum atomic E-state index is 5.73. The van der Waals surface area contributed by atoms with Crippen LogP contribution in [0.5, 0.6) is 0 Å². The fourth-order valence-corrected chi connectivity index (χ4v) is 2.53. The standard InChI is InChI=1S/C11H15N5/c1-5(2)8-9-6(13-4-14-9)3-7-10(8)16-11(12)15-7/h4-5,8H,3H2,1-2H3,(H,13,14)(H3,12,15,16). The van der Waals surface area contributed by atoms with Crippen LogP contribution in [0.15, 0.2) is 6.33 Å². The number of anilines is 1. The Morgan fingerprint density at radius 2 is 2.31 bits per heavy atom. The molecule has 0 spiro atoms. The molecule has 0 fully saturated rings. The quantitative estimate of drug-likeness (QED) is 0.675. The first kappa shape index (κ1) is 9.45. The molecule has 5 nitrogen and oxygen atoms in total. The summed E-state index contributed by atoms with van der Waals surface area (Å²) in [7, 11) is 0. The van der Waals surface area contributed by atoms with Crippen molar-refractivity contribution in [3.05, 3.63) is 29.1 Å². The Bertz CT molecular complexity index is 522. The van der Waals surface area contributed by atoms with Gasteiger partial charge in [-0.2, -0.15) is 0 Å². The Balaban J connectivity index is 2.18. The van der Waals surface area contributed by atoms with Gasteiger partial charge in [-0.05, 0) is 5.92 Å². The molecule has 2 heterocycles. The minimum atomic E-state index is 0.273. The molecule has 5 heteroatoms. The van der Waals surface area contributed by atoms with Gasteiger partial charge in [-0.3, -0.25) is 0 Å². The second-order valence-corrected chi connectivity index (χ2v) is 4.65. The van der Waals surface area contributed by atoms with E-state index in [4.69, 9.17) is 5.73 Å². The molecule has 16 heavy (non-hydrogen) atoms. The van der Waals surface area contributed by atoms with Crippen molar-refractivity contribution in [3.63, 3.8) is 0 Å². The van der Waals surface area contributed by atoms with Crippen molar-refractivity contribution in [2.45, 2.75) is 26.2 Å². The maximum Gasteiger partial charge on any atom is 0.197 e. The molecule has 0 saturated heterocycles. The van der Waals surface area contributed by atoms with Crippen LogP contribution in [0, 0.1) is 5.92 Å². The van der Waals surface area contributed by atoms with Crippen molar-refractivity contribution in [1.29, 1.82) is 0 Å². The number of aromatic amines is 2. The smallest absolute Gasteiger partial charge is 0.197 e. The van der Waals surface area contributed by atoms with E-state index in [2.05, 4.69) is 33.8 Å². The van der Waals surface area contributed by atoms with Crippen LogP contribution in [-0.2, 0) is 6.42 Å². The molecule has 0 radical (unpaired) electrons. The minimum absolute atomic E-state index is 0.273. The molecule has 2 aromatic rings. The summed E-state index contributed by atoms with van der Waals surface area (Å²) in [5.41, 5.74) is 10.2. The van der Waals surface area contributed by atoms with E-state index in [1.165, 1.54) is 5.69 Å². The lowest BCUT2D eigenvalue weighted by Crippen LogP contribution is -2.18. The van der Waals surface area contributed by atoms with E-state index in [0.29, 0.717) is 11.9 Å². The zero-order valence-corrected chi connectivity index (χ0v) is 9.41. The summed E-state index contributed by atoms with van der Waals surface area (Å²) in [5.74, 6) is 1.25. The molecule has 2 aromatic heterocycles. The first-order valence-electron chi connectivity index (χ1n) is 5.53. The van der Waals surface area contributed by atoms with Crippen LogP contribution in [-0.4, -0.2) is 19.9 Å². The van der Waals surface area contributed by atoms with E-state index in [1.807, 2.05) is 0 Å². The molecule has 0 amide bonds. The third-order valence-electron chi connectivity index (χ3n) is 3.20. The van der Waals surface area contributed by atoms with Crippen molar-refractivity contribution in [1.82, 2.24) is 19.9 Å². The monoisotopic (exact) mass is 217 g/mol. The van der Waals surface area contributed by atoms with E-state index >= 15 is 0 Å². The first-order chi connectivity index (χ1) is 7.66. The average Bonchev–Trinajstić information content (AvgIpc) is 2.77. The number of nitrogens with zero attached hydrogens (tertiary/aromatic N) is 2. The Morgan fingerprint density at radius 3 is 3.06 bits per heavy atom. The van der Waals surface area contributed by atoms with Gasteiger partial charge >= 0.3 is 0 Å². The number of fused-ring (bicyclic) bond motifs is 2. The Morgan fingerprint density at radius 1 is 1.50 bits per heavy atom. The molecule has 1 unspecified atom stereocenters. The van der Waals surface area contributed by atoms with Gasteiger partial charge in [-0.25, -0.2) is 9.97 Å². The molecule has 3 rings (SSSR count). The summed E-state index contributed by atoms with van der Waals surface area (Å²) >= 11 is 0. The SMILES string of the molecule is CC(C)C1c2nc(N)[nH]c2Cc2nc[nH]c21. The molecule has 0 saturated carbocycles. The predicted octanol–water partition coefficient (Wildman–Crippen LogP) is 1.41. The van der Waals surface area contributed by atoms with Crippen LogP contribution in [0.25, 0.3) is 0 Å². The highest BCUT2D eigenvalue weighted by Crippen LogP contribution is 2.38. The van der Waals surface area contributed by atoms with Crippen molar-refractivity contribution in [2.75, 3.05) is 5.73 Å².